The van der Waals surface area contributed by atoms with Gasteiger partial charge in [0, 0.05) is 29.2 Å². The molecule has 3 nitrogen and oxygen atoms in total. The van der Waals surface area contributed by atoms with Crippen LogP contribution in [0.15, 0.2) is 18.2 Å². The smallest absolute Gasteiger partial charge is 0.0741 e. The van der Waals surface area contributed by atoms with Crippen molar-refractivity contribution in [1.82, 2.24) is 4.98 Å². The summed E-state index contributed by atoms with van der Waals surface area (Å²) in [6.07, 6.45) is 4.75. The number of morpholine rings is 1. The van der Waals surface area contributed by atoms with Crippen molar-refractivity contribution in [2.24, 2.45) is 0 Å². The lowest BCUT2D eigenvalue weighted by molar-refractivity contribution is 0.122. The minimum atomic E-state index is 0. The molecule has 0 unspecified atom stereocenters. The first-order valence-electron chi connectivity index (χ1n) is 7.76. The van der Waals surface area contributed by atoms with E-state index in [4.69, 9.17) is 21.3 Å². The van der Waals surface area contributed by atoms with E-state index in [2.05, 4.69) is 11.0 Å². The number of ether oxygens (including phenoxy) is 1. The van der Waals surface area contributed by atoms with Gasteiger partial charge >= 0.3 is 0 Å². The highest BCUT2D eigenvalue weighted by Crippen LogP contribution is 2.37. The van der Waals surface area contributed by atoms with Crippen LogP contribution in [0, 0.1) is 0 Å². The van der Waals surface area contributed by atoms with Gasteiger partial charge in [-0.2, -0.15) is 0 Å². The molecule has 0 atom stereocenters. The Morgan fingerprint density at radius 3 is 2.68 bits per heavy atom. The molecule has 1 aromatic carbocycles. The molecule has 4 rings (SSSR count). The first kappa shape index (κ1) is 15.9. The molecule has 0 spiro atoms. The molecule has 2 heterocycles. The average molecular weight is 339 g/mol. The summed E-state index contributed by atoms with van der Waals surface area (Å²) < 4.78 is 5.52. The molecule has 0 amide bonds. The van der Waals surface area contributed by atoms with Crippen LogP contribution < -0.4 is 4.90 Å². The molecule has 118 valence electrons. The van der Waals surface area contributed by atoms with Crippen molar-refractivity contribution in [3.8, 4) is 0 Å². The Morgan fingerprint density at radius 2 is 1.86 bits per heavy atom. The van der Waals surface area contributed by atoms with Gasteiger partial charge in [0.2, 0.25) is 0 Å². The first-order valence-corrected chi connectivity index (χ1v) is 8.14. The number of hydrogen-bond donors (Lipinski definition) is 0. The van der Waals surface area contributed by atoms with E-state index < -0.39 is 0 Å². The van der Waals surface area contributed by atoms with Crippen molar-refractivity contribution in [3.63, 3.8) is 0 Å². The lowest BCUT2D eigenvalue weighted by atomic mass is 9.92. The predicted molar refractivity (Wildman–Crippen MR) is 93.7 cm³/mol. The molecule has 0 N–H and O–H groups in total. The minimum Gasteiger partial charge on any atom is -0.378 e. The second-order valence-electron chi connectivity index (χ2n) is 5.85. The highest BCUT2D eigenvalue weighted by Gasteiger charge is 2.23. The number of anilines is 1. The second kappa shape index (κ2) is 6.61. The van der Waals surface area contributed by atoms with Crippen LogP contribution in [-0.2, 0) is 17.6 Å². The van der Waals surface area contributed by atoms with Crippen LogP contribution >= 0.6 is 24.0 Å². The van der Waals surface area contributed by atoms with Gasteiger partial charge in [0.25, 0.3) is 0 Å². The molecule has 5 heteroatoms. The molecule has 1 aliphatic carbocycles. The molecule has 1 aliphatic heterocycles. The van der Waals surface area contributed by atoms with E-state index in [9.17, 15) is 0 Å². The molecule has 1 fully saturated rings. The van der Waals surface area contributed by atoms with E-state index in [1.807, 2.05) is 12.1 Å². The monoisotopic (exact) mass is 338 g/mol. The van der Waals surface area contributed by atoms with Gasteiger partial charge in [-0.25, -0.2) is 0 Å². The highest BCUT2D eigenvalue weighted by molar-refractivity contribution is 6.31. The summed E-state index contributed by atoms with van der Waals surface area (Å²) in [7, 11) is 0. The zero-order chi connectivity index (χ0) is 14.2. The number of fused-ring (bicyclic) bond motifs is 2. The number of aromatic nitrogens is 1. The third kappa shape index (κ3) is 2.78. The summed E-state index contributed by atoms with van der Waals surface area (Å²) >= 11 is 6.17. The van der Waals surface area contributed by atoms with Crippen molar-refractivity contribution >= 4 is 40.6 Å². The zero-order valence-corrected chi connectivity index (χ0v) is 14.1. The number of aryl methyl sites for hydroxylation is 1. The fraction of sp³-hybridized carbons (Fsp3) is 0.471. The summed E-state index contributed by atoms with van der Waals surface area (Å²) in [6.45, 7) is 3.56. The normalized spacial score (nSPS) is 18.0. The molecule has 0 bridgehead atoms. The van der Waals surface area contributed by atoms with Crippen molar-refractivity contribution in [2.45, 2.75) is 25.7 Å². The Hall–Kier alpha value is -1.03. The summed E-state index contributed by atoms with van der Waals surface area (Å²) in [4.78, 5) is 7.37. The number of nitrogens with zero attached hydrogens (tertiary/aromatic N) is 2. The SMILES string of the molecule is Cl.Clc1ccc2c(N3CCOCC3)c3c(nc2c1)CCCC3. The molecule has 0 saturated carbocycles. The average Bonchev–Trinajstić information content (AvgIpc) is 2.53. The Morgan fingerprint density at radius 1 is 1.09 bits per heavy atom. The minimum absolute atomic E-state index is 0. The summed E-state index contributed by atoms with van der Waals surface area (Å²) in [5.41, 5.74) is 5.15. The number of halogens is 2. The molecular weight excluding hydrogens is 319 g/mol. The third-order valence-corrected chi connectivity index (χ3v) is 4.76. The van der Waals surface area contributed by atoms with E-state index >= 15 is 0 Å². The number of rotatable bonds is 1. The van der Waals surface area contributed by atoms with Gasteiger partial charge in [-0.15, -0.1) is 12.4 Å². The number of pyridine rings is 1. The standard InChI is InChI=1S/C17H19ClN2O.ClH/c18-12-5-6-14-16(11-12)19-15-4-2-1-3-13(15)17(14)20-7-9-21-10-8-20;/h5-6,11H,1-4,7-10H2;1H. The molecule has 22 heavy (non-hydrogen) atoms. The summed E-state index contributed by atoms with van der Waals surface area (Å²) in [5.74, 6) is 0. The molecule has 0 radical (unpaired) electrons. The van der Waals surface area contributed by atoms with Crippen molar-refractivity contribution in [3.05, 3.63) is 34.5 Å². The van der Waals surface area contributed by atoms with Gasteiger partial charge in [0.15, 0.2) is 0 Å². The largest absolute Gasteiger partial charge is 0.378 e. The number of hydrogen-bond acceptors (Lipinski definition) is 3. The fourth-order valence-corrected chi connectivity index (χ4v) is 3.69. The molecule has 1 saturated heterocycles. The van der Waals surface area contributed by atoms with Gasteiger partial charge in [0.1, 0.15) is 0 Å². The zero-order valence-electron chi connectivity index (χ0n) is 12.5. The van der Waals surface area contributed by atoms with Crippen molar-refractivity contribution in [2.75, 3.05) is 31.2 Å². The van der Waals surface area contributed by atoms with Crippen LogP contribution in [-0.4, -0.2) is 31.3 Å². The molecule has 2 aliphatic rings. The van der Waals surface area contributed by atoms with E-state index in [0.29, 0.717) is 0 Å². The van der Waals surface area contributed by atoms with Gasteiger partial charge in [-0.1, -0.05) is 11.6 Å². The molecule has 1 aromatic heterocycles. The van der Waals surface area contributed by atoms with Crippen molar-refractivity contribution in [1.29, 1.82) is 0 Å². The Balaban J connectivity index is 0.00000144. The Kier molecular flexibility index (Phi) is 4.76. The maximum Gasteiger partial charge on any atom is 0.0741 e. The summed E-state index contributed by atoms with van der Waals surface area (Å²) in [5, 5.41) is 2.00. The second-order valence-corrected chi connectivity index (χ2v) is 6.29. The topological polar surface area (TPSA) is 25.4 Å². The van der Waals surface area contributed by atoms with Crippen LogP contribution in [0.1, 0.15) is 24.1 Å². The van der Waals surface area contributed by atoms with E-state index in [0.717, 1.165) is 49.7 Å². The Labute approximate surface area is 142 Å². The van der Waals surface area contributed by atoms with Crippen molar-refractivity contribution < 1.29 is 4.74 Å². The van der Waals surface area contributed by atoms with Crippen LogP contribution in [0.3, 0.4) is 0 Å². The quantitative estimate of drug-likeness (QED) is 0.785. The van der Waals surface area contributed by atoms with Crippen LogP contribution in [0.5, 0.6) is 0 Å². The fourth-order valence-electron chi connectivity index (χ4n) is 3.52. The van der Waals surface area contributed by atoms with E-state index in [-0.39, 0.29) is 12.4 Å². The maximum atomic E-state index is 6.17. The first-order chi connectivity index (χ1) is 10.3. The van der Waals surface area contributed by atoms with Gasteiger partial charge in [-0.05, 0) is 49.4 Å². The van der Waals surface area contributed by atoms with E-state index in [1.54, 1.807) is 0 Å². The lowest BCUT2D eigenvalue weighted by Gasteiger charge is -2.33. The predicted octanol–water partition coefficient (Wildman–Crippen LogP) is 4.03. The highest BCUT2D eigenvalue weighted by atomic mass is 35.5. The molecular formula is C17H20Cl2N2O. The summed E-state index contributed by atoms with van der Waals surface area (Å²) in [6, 6.07) is 6.10. The maximum absolute atomic E-state index is 6.17. The van der Waals surface area contributed by atoms with E-state index in [1.165, 1.54) is 35.2 Å². The molecule has 2 aromatic rings. The number of benzene rings is 1. The van der Waals surface area contributed by atoms with Crippen LogP contribution in [0.4, 0.5) is 5.69 Å². The van der Waals surface area contributed by atoms with Gasteiger partial charge in [0.05, 0.1) is 24.4 Å². The van der Waals surface area contributed by atoms with Crippen LogP contribution in [0.25, 0.3) is 10.9 Å². The Bertz CT molecular complexity index is 684. The van der Waals surface area contributed by atoms with Gasteiger partial charge in [-0.3, -0.25) is 4.98 Å². The van der Waals surface area contributed by atoms with Gasteiger partial charge < -0.3 is 9.64 Å². The van der Waals surface area contributed by atoms with Crippen LogP contribution in [0.2, 0.25) is 5.02 Å². The lowest BCUT2D eigenvalue weighted by Crippen LogP contribution is -2.37. The third-order valence-electron chi connectivity index (χ3n) is 4.52.